The third kappa shape index (κ3) is 5.30. The zero-order valence-electron chi connectivity index (χ0n) is 13.4. The zero-order valence-corrected chi connectivity index (χ0v) is 13.4. The lowest BCUT2D eigenvalue weighted by Gasteiger charge is -2.17. The molecule has 0 aromatic heterocycles. The van der Waals surface area contributed by atoms with Crippen LogP contribution in [0.1, 0.15) is 15.9 Å². The molecule has 0 spiro atoms. The Bertz CT molecular complexity index is 641. The lowest BCUT2D eigenvalue weighted by molar-refractivity contribution is 0.0996. The van der Waals surface area contributed by atoms with Gasteiger partial charge in [0.2, 0.25) is 0 Å². The number of ether oxygens (including phenoxy) is 1. The monoisotopic (exact) mass is 313 g/mol. The number of benzene rings is 2. The molecule has 1 amide bonds. The number of primary amides is 1. The lowest BCUT2D eigenvalue weighted by atomic mass is 10.1. The SMILES string of the molecule is CN(CCOc1ccccc1C(N)=O)CCc1ccc(N)cc1. The number of rotatable bonds is 8. The maximum atomic E-state index is 11.3. The summed E-state index contributed by atoms with van der Waals surface area (Å²) in [6, 6.07) is 14.9. The van der Waals surface area contributed by atoms with Crippen LogP contribution in [0.3, 0.4) is 0 Å². The molecule has 0 aliphatic rings. The minimum Gasteiger partial charge on any atom is -0.491 e. The van der Waals surface area contributed by atoms with Crippen molar-refractivity contribution < 1.29 is 9.53 Å². The van der Waals surface area contributed by atoms with Gasteiger partial charge in [-0.3, -0.25) is 4.79 Å². The van der Waals surface area contributed by atoms with Crippen LogP contribution in [0.25, 0.3) is 0 Å². The third-order valence-electron chi connectivity index (χ3n) is 3.65. The van der Waals surface area contributed by atoms with Gasteiger partial charge in [0.25, 0.3) is 5.91 Å². The molecular weight excluding hydrogens is 290 g/mol. The van der Waals surface area contributed by atoms with Crippen LogP contribution < -0.4 is 16.2 Å². The lowest BCUT2D eigenvalue weighted by Crippen LogP contribution is -2.26. The Labute approximate surface area is 136 Å². The highest BCUT2D eigenvalue weighted by atomic mass is 16.5. The number of anilines is 1. The van der Waals surface area contributed by atoms with Crippen molar-refractivity contribution in [2.75, 3.05) is 32.5 Å². The molecule has 2 aromatic carbocycles. The van der Waals surface area contributed by atoms with E-state index >= 15 is 0 Å². The van der Waals surface area contributed by atoms with Crippen molar-refractivity contribution in [1.82, 2.24) is 4.90 Å². The summed E-state index contributed by atoms with van der Waals surface area (Å²) in [4.78, 5) is 13.5. The second-order valence-electron chi connectivity index (χ2n) is 5.50. The van der Waals surface area contributed by atoms with E-state index in [1.54, 1.807) is 18.2 Å². The molecule has 0 radical (unpaired) electrons. The van der Waals surface area contributed by atoms with E-state index in [2.05, 4.69) is 4.90 Å². The summed E-state index contributed by atoms with van der Waals surface area (Å²) < 4.78 is 5.68. The van der Waals surface area contributed by atoms with Crippen molar-refractivity contribution in [2.24, 2.45) is 5.73 Å². The molecule has 2 aromatic rings. The van der Waals surface area contributed by atoms with Crippen LogP contribution in [-0.4, -0.2) is 37.6 Å². The fraction of sp³-hybridized carbons (Fsp3) is 0.278. The van der Waals surface area contributed by atoms with E-state index in [1.165, 1.54) is 5.56 Å². The molecule has 0 atom stereocenters. The van der Waals surface area contributed by atoms with E-state index in [4.69, 9.17) is 16.2 Å². The molecule has 4 N–H and O–H groups in total. The van der Waals surface area contributed by atoms with Crippen molar-refractivity contribution >= 4 is 11.6 Å². The highest BCUT2D eigenvalue weighted by molar-refractivity contribution is 5.95. The van der Waals surface area contributed by atoms with Crippen molar-refractivity contribution in [2.45, 2.75) is 6.42 Å². The number of likely N-dealkylation sites (N-methyl/N-ethyl adjacent to an activating group) is 1. The molecule has 122 valence electrons. The first kappa shape index (κ1) is 16.8. The van der Waals surface area contributed by atoms with Crippen LogP contribution in [0.5, 0.6) is 5.75 Å². The van der Waals surface area contributed by atoms with Gasteiger partial charge in [0, 0.05) is 18.8 Å². The average molecular weight is 313 g/mol. The Hall–Kier alpha value is -2.53. The summed E-state index contributed by atoms with van der Waals surface area (Å²) in [5, 5.41) is 0. The Morgan fingerprint density at radius 2 is 1.78 bits per heavy atom. The number of hydrogen-bond donors (Lipinski definition) is 2. The molecule has 0 unspecified atom stereocenters. The van der Waals surface area contributed by atoms with E-state index in [9.17, 15) is 4.79 Å². The van der Waals surface area contributed by atoms with Crippen LogP contribution in [0.15, 0.2) is 48.5 Å². The fourth-order valence-corrected chi connectivity index (χ4v) is 2.22. The number of para-hydroxylation sites is 1. The highest BCUT2D eigenvalue weighted by Gasteiger charge is 2.08. The normalized spacial score (nSPS) is 10.7. The van der Waals surface area contributed by atoms with Gasteiger partial charge in [-0.2, -0.15) is 0 Å². The minimum absolute atomic E-state index is 0.414. The Morgan fingerprint density at radius 3 is 2.48 bits per heavy atom. The van der Waals surface area contributed by atoms with Gasteiger partial charge in [0.1, 0.15) is 12.4 Å². The van der Waals surface area contributed by atoms with Gasteiger partial charge < -0.3 is 21.1 Å². The van der Waals surface area contributed by atoms with E-state index in [0.29, 0.717) is 17.9 Å². The van der Waals surface area contributed by atoms with E-state index in [1.807, 2.05) is 37.4 Å². The molecule has 0 heterocycles. The van der Waals surface area contributed by atoms with E-state index < -0.39 is 5.91 Å². The summed E-state index contributed by atoms with van der Waals surface area (Å²) in [5.74, 6) is 0.0595. The first-order chi connectivity index (χ1) is 11.1. The maximum Gasteiger partial charge on any atom is 0.252 e. The third-order valence-corrected chi connectivity index (χ3v) is 3.65. The van der Waals surface area contributed by atoms with Crippen LogP contribution in [0, 0.1) is 0 Å². The van der Waals surface area contributed by atoms with Crippen LogP contribution in [-0.2, 0) is 6.42 Å². The first-order valence-corrected chi connectivity index (χ1v) is 7.61. The predicted molar refractivity (Wildman–Crippen MR) is 92.5 cm³/mol. The Kier molecular flexibility index (Phi) is 6.00. The van der Waals surface area contributed by atoms with Gasteiger partial charge in [0.05, 0.1) is 5.56 Å². The second-order valence-corrected chi connectivity index (χ2v) is 5.50. The largest absolute Gasteiger partial charge is 0.491 e. The standard InChI is InChI=1S/C18H23N3O2/c1-21(11-10-14-6-8-15(19)9-7-14)12-13-23-17-5-3-2-4-16(17)18(20)22/h2-9H,10-13,19H2,1H3,(H2,20,22). The number of amides is 1. The smallest absolute Gasteiger partial charge is 0.252 e. The molecule has 5 heteroatoms. The van der Waals surface area contributed by atoms with Crippen LogP contribution in [0.2, 0.25) is 0 Å². The molecule has 2 rings (SSSR count). The van der Waals surface area contributed by atoms with Crippen molar-refractivity contribution in [3.8, 4) is 5.75 Å². The Balaban J connectivity index is 1.75. The molecule has 0 aliphatic carbocycles. The molecule has 0 aliphatic heterocycles. The molecular formula is C18H23N3O2. The topological polar surface area (TPSA) is 81.6 Å². The van der Waals surface area contributed by atoms with Gasteiger partial charge in [-0.05, 0) is 43.3 Å². The fourth-order valence-electron chi connectivity index (χ4n) is 2.22. The Morgan fingerprint density at radius 1 is 1.09 bits per heavy atom. The van der Waals surface area contributed by atoms with Gasteiger partial charge in [-0.25, -0.2) is 0 Å². The number of nitrogens with zero attached hydrogens (tertiary/aromatic N) is 1. The van der Waals surface area contributed by atoms with Crippen LogP contribution >= 0.6 is 0 Å². The predicted octanol–water partition coefficient (Wildman–Crippen LogP) is 1.92. The van der Waals surface area contributed by atoms with E-state index in [0.717, 1.165) is 25.2 Å². The number of hydrogen-bond acceptors (Lipinski definition) is 4. The zero-order chi connectivity index (χ0) is 16.7. The molecule has 0 saturated carbocycles. The molecule has 5 nitrogen and oxygen atoms in total. The molecule has 0 fully saturated rings. The number of nitrogens with two attached hydrogens (primary N) is 2. The number of nitrogen functional groups attached to an aromatic ring is 1. The van der Waals surface area contributed by atoms with Gasteiger partial charge in [-0.1, -0.05) is 24.3 Å². The highest BCUT2D eigenvalue weighted by Crippen LogP contribution is 2.17. The summed E-state index contributed by atoms with van der Waals surface area (Å²) >= 11 is 0. The summed E-state index contributed by atoms with van der Waals surface area (Å²) in [6.07, 6.45) is 0.953. The van der Waals surface area contributed by atoms with Crippen molar-refractivity contribution in [3.05, 3.63) is 59.7 Å². The van der Waals surface area contributed by atoms with Gasteiger partial charge in [0.15, 0.2) is 0 Å². The minimum atomic E-state index is -0.475. The first-order valence-electron chi connectivity index (χ1n) is 7.61. The van der Waals surface area contributed by atoms with Gasteiger partial charge in [-0.15, -0.1) is 0 Å². The van der Waals surface area contributed by atoms with Crippen molar-refractivity contribution in [1.29, 1.82) is 0 Å². The summed E-state index contributed by atoms with van der Waals surface area (Å²) in [6.45, 7) is 2.19. The van der Waals surface area contributed by atoms with Gasteiger partial charge >= 0.3 is 0 Å². The maximum absolute atomic E-state index is 11.3. The molecule has 23 heavy (non-hydrogen) atoms. The number of carbonyl (C=O) groups is 1. The second kappa shape index (κ2) is 8.19. The average Bonchev–Trinajstić information content (AvgIpc) is 2.54. The van der Waals surface area contributed by atoms with Crippen LogP contribution in [0.4, 0.5) is 5.69 Å². The molecule has 0 bridgehead atoms. The molecule has 0 saturated heterocycles. The quantitative estimate of drug-likeness (QED) is 0.730. The number of carbonyl (C=O) groups excluding carboxylic acids is 1. The van der Waals surface area contributed by atoms with Crippen molar-refractivity contribution in [3.63, 3.8) is 0 Å². The van der Waals surface area contributed by atoms with E-state index in [-0.39, 0.29) is 0 Å². The summed E-state index contributed by atoms with van der Waals surface area (Å²) in [5.41, 5.74) is 13.5. The summed E-state index contributed by atoms with van der Waals surface area (Å²) in [7, 11) is 2.04.